The normalized spacial score (nSPS) is 11.4. The second-order valence-corrected chi connectivity index (χ2v) is 5.36. The Morgan fingerprint density at radius 2 is 1.95 bits per heavy atom. The van der Waals surface area contributed by atoms with Crippen LogP contribution in [-0.4, -0.2) is 23.4 Å². The molecule has 0 aliphatic rings. The number of aldehydes is 1. The second kappa shape index (κ2) is 4.56. The lowest BCUT2D eigenvalue weighted by atomic mass is 10.0. The van der Waals surface area contributed by atoms with Crippen molar-refractivity contribution < 1.29 is 9.53 Å². The second-order valence-electron chi connectivity index (χ2n) is 5.36. The van der Waals surface area contributed by atoms with E-state index in [0.717, 1.165) is 50.2 Å². The third-order valence-electron chi connectivity index (χ3n) is 4.22. The van der Waals surface area contributed by atoms with Crippen molar-refractivity contribution in [1.29, 1.82) is 0 Å². The average molecular weight is 290 g/mol. The third-order valence-corrected chi connectivity index (χ3v) is 4.22. The molecule has 0 unspecified atom stereocenters. The Hall–Kier alpha value is -2.88. The van der Waals surface area contributed by atoms with Gasteiger partial charge >= 0.3 is 0 Å². The van der Waals surface area contributed by atoms with Gasteiger partial charge in [0.25, 0.3) is 0 Å². The molecule has 0 atom stereocenters. The van der Waals surface area contributed by atoms with Crippen LogP contribution in [0.25, 0.3) is 32.6 Å². The van der Waals surface area contributed by atoms with Crippen molar-refractivity contribution in [1.82, 2.24) is 9.97 Å². The smallest absolute Gasteiger partial charge is 0.166 e. The minimum absolute atomic E-state index is 0.583. The third kappa shape index (κ3) is 1.64. The van der Waals surface area contributed by atoms with Crippen molar-refractivity contribution in [2.75, 3.05) is 7.11 Å². The number of carbonyl (C=O) groups is 1. The maximum absolute atomic E-state index is 11.3. The van der Waals surface area contributed by atoms with Crippen molar-refractivity contribution >= 4 is 38.9 Å². The molecule has 0 bridgehead atoms. The molecule has 4 aromatic rings. The van der Waals surface area contributed by atoms with Crippen LogP contribution in [0.1, 0.15) is 16.1 Å². The van der Waals surface area contributed by atoms with E-state index in [1.807, 2.05) is 37.3 Å². The summed E-state index contributed by atoms with van der Waals surface area (Å²) in [6, 6.07) is 9.88. The van der Waals surface area contributed by atoms with Crippen molar-refractivity contribution in [2.24, 2.45) is 0 Å². The number of ether oxygens (including phenoxy) is 1. The number of carbonyl (C=O) groups excluding carboxylic acids is 1. The molecular weight excluding hydrogens is 276 g/mol. The van der Waals surface area contributed by atoms with E-state index in [9.17, 15) is 4.79 Å². The summed E-state index contributed by atoms with van der Waals surface area (Å²) < 4.78 is 5.31. The van der Waals surface area contributed by atoms with Crippen LogP contribution < -0.4 is 4.74 Å². The molecule has 1 N–H and O–H groups in total. The van der Waals surface area contributed by atoms with Crippen LogP contribution in [-0.2, 0) is 0 Å². The summed E-state index contributed by atoms with van der Waals surface area (Å²) in [5.41, 5.74) is 3.57. The highest BCUT2D eigenvalue weighted by Gasteiger charge is 2.13. The van der Waals surface area contributed by atoms with Crippen molar-refractivity contribution in [3.05, 3.63) is 47.8 Å². The molecule has 108 valence electrons. The fourth-order valence-electron chi connectivity index (χ4n) is 3.07. The molecule has 4 rings (SSSR count). The lowest BCUT2D eigenvalue weighted by Gasteiger charge is -2.06. The first-order chi connectivity index (χ1) is 10.7. The van der Waals surface area contributed by atoms with Crippen LogP contribution in [0, 0.1) is 6.92 Å². The number of aromatic nitrogens is 2. The maximum atomic E-state index is 11.3. The highest BCUT2D eigenvalue weighted by molar-refractivity contribution is 6.15. The van der Waals surface area contributed by atoms with E-state index in [4.69, 9.17) is 9.72 Å². The van der Waals surface area contributed by atoms with Gasteiger partial charge in [-0.05, 0) is 48.2 Å². The molecule has 4 nitrogen and oxygen atoms in total. The summed E-state index contributed by atoms with van der Waals surface area (Å²) in [6.45, 7) is 2.04. The van der Waals surface area contributed by atoms with Gasteiger partial charge in [-0.3, -0.25) is 4.79 Å². The molecular formula is C18H14N2O2. The Labute approximate surface area is 126 Å². The summed E-state index contributed by atoms with van der Waals surface area (Å²) >= 11 is 0. The number of benzene rings is 2. The van der Waals surface area contributed by atoms with Gasteiger partial charge in [0.15, 0.2) is 6.29 Å². The molecule has 2 aromatic heterocycles. The SMILES string of the molecule is COc1ccc2nc3c(C)c4cc[nH]c(C=O)c4cc3c2c1. The van der Waals surface area contributed by atoms with Crippen LogP contribution in [0.15, 0.2) is 36.5 Å². The van der Waals surface area contributed by atoms with Crippen LogP contribution >= 0.6 is 0 Å². The number of pyridine rings is 1. The van der Waals surface area contributed by atoms with Crippen LogP contribution in [0.2, 0.25) is 0 Å². The largest absolute Gasteiger partial charge is 0.497 e. The van der Waals surface area contributed by atoms with Gasteiger partial charge in [-0.1, -0.05) is 0 Å². The van der Waals surface area contributed by atoms with Gasteiger partial charge < -0.3 is 9.72 Å². The number of hydrogen-bond acceptors (Lipinski definition) is 3. The first-order valence-electron chi connectivity index (χ1n) is 7.06. The minimum Gasteiger partial charge on any atom is -0.497 e. The zero-order valence-electron chi connectivity index (χ0n) is 12.3. The Bertz CT molecular complexity index is 1050. The van der Waals surface area contributed by atoms with E-state index in [0.29, 0.717) is 5.69 Å². The maximum Gasteiger partial charge on any atom is 0.166 e. The Kier molecular flexibility index (Phi) is 2.66. The molecule has 2 aromatic carbocycles. The molecule has 0 radical (unpaired) electrons. The first-order valence-corrected chi connectivity index (χ1v) is 7.06. The summed E-state index contributed by atoms with van der Waals surface area (Å²) in [6.07, 6.45) is 2.64. The number of nitrogens with one attached hydrogen (secondary N) is 1. The van der Waals surface area contributed by atoms with E-state index in [-0.39, 0.29) is 0 Å². The van der Waals surface area contributed by atoms with Crippen molar-refractivity contribution in [3.63, 3.8) is 0 Å². The van der Waals surface area contributed by atoms with Gasteiger partial charge in [0.05, 0.1) is 23.8 Å². The van der Waals surface area contributed by atoms with Crippen LogP contribution in [0.5, 0.6) is 5.75 Å². The molecule has 0 fully saturated rings. The number of aromatic amines is 1. The van der Waals surface area contributed by atoms with Gasteiger partial charge in [0.1, 0.15) is 5.75 Å². The van der Waals surface area contributed by atoms with Gasteiger partial charge in [0, 0.05) is 22.4 Å². The number of nitrogens with zero attached hydrogens (tertiary/aromatic N) is 1. The average Bonchev–Trinajstić information content (AvgIpc) is 2.93. The molecule has 0 aliphatic heterocycles. The fraction of sp³-hybridized carbons (Fsp3) is 0.111. The lowest BCUT2D eigenvalue weighted by Crippen LogP contribution is -1.90. The highest BCUT2D eigenvalue weighted by Crippen LogP contribution is 2.34. The van der Waals surface area contributed by atoms with Crippen molar-refractivity contribution in [3.8, 4) is 5.75 Å². The van der Waals surface area contributed by atoms with E-state index in [1.165, 1.54) is 0 Å². The summed E-state index contributed by atoms with van der Waals surface area (Å²) in [7, 11) is 1.65. The number of fused-ring (bicyclic) bond motifs is 4. The van der Waals surface area contributed by atoms with Crippen LogP contribution in [0.4, 0.5) is 0 Å². The van der Waals surface area contributed by atoms with E-state index in [1.54, 1.807) is 13.3 Å². The number of H-pyrrole nitrogens is 1. The monoisotopic (exact) mass is 290 g/mol. The van der Waals surface area contributed by atoms with Gasteiger partial charge in [-0.25, -0.2) is 4.98 Å². The number of rotatable bonds is 2. The standard InChI is InChI=1S/C18H14N2O2/c1-10-12-5-6-19-17(9-21)14(12)8-15-13-7-11(22-2)3-4-16(13)20-18(10)15/h3-9,19H,1-2H3. The van der Waals surface area contributed by atoms with Gasteiger partial charge in [-0.15, -0.1) is 0 Å². The molecule has 0 spiro atoms. The zero-order valence-corrected chi connectivity index (χ0v) is 12.3. The van der Waals surface area contributed by atoms with E-state index >= 15 is 0 Å². The first kappa shape index (κ1) is 12.8. The summed E-state index contributed by atoms with van der Waals surface area (Å²) in [5, 5.41) is 4.05. The molecule has 22 heavy (non-hydrogen) atoms. The molecule has 0 saturated carbocycles. The van der Waals surface area contributed by atoms with Crippen molar-refractivity contribution in [2.45, 2.75) is 6.92 Å². The van der Waals surface area contributed by atoms with Gasteiger partial charge in [0.2, 0.25) is 0 Å². The zero-order chi connectivity index (χ0) is 15.3. The molecule has 0 amide bonds. The topological polar surface area (TPSA) is 55.0 Å². The van der Waals surface area contributed by atoms with Gasteiger partial charge in [-0.2, -0.15) is 0 Å². The van der Waals surface area contributed by atoms with Crippen LogP contribution in [0.3, 0.4) is 0 Å². The van der Waals surface area contributed by atoms with E-state index in [2.05, 4.69) is 4.98 Å². The highest BCUT2D eigenvalue weighted by atomic mass is 16.5. The Morgan fingerprint density at radius 3 is 2.73 bits per heavy atom. The molecule has 2 heterocycles. The Balaban J connectivity index is 2.23. The number of hydrogen-bond donors (Lipinski definition) is 1. The summed E-state index contributed by atoms with van der Waals surface area (Å²) in [5.74, 6) is 0.801. The lowest BCUT2D eigenvalue weighted by molar-refractivity contribution is 0.112. The summed E-state index contributed by atoms with van der Waals surface area (Å²) in [4.78, 5) is 19.0. The molecule has 4 heteroatoms. The van der Waals surface area contributed by atoms with E-state index < -0.39 is 0 Å². The molecule has 0 saturated heterocycles. The predicted molar refractivity (Wildman–Crippen MR) is 87.8 cm³/mol. The molecule has 0 aliphatic carbocycles. The predicted octanol–water partition coefficient (Wildman–Crippen LogP) is 4.00. The quantitative estimate of drug-likeness (QED) is 0.568. The number of methoxy groups -OCH3 is 1. The Morgan fingerprint density at radius 1 is 1.09 bits per heavy atom. The fourth-order valence-corrected chi connectivity index (χ4v) is 3.07. The number of aryl methyl sites for hydroxylation is 1. The minimum atomic E-state index is 0.583.